The zero-order valence-corrected chi connectivity index (χ0v) is 15.5. The maximum absolute atomic E-state index is 12.7. The second kappa shape index (κ2) is 6.87. The van der Waals surface area contributed by atoms with Gasteiger partial charge in [0.2, 0.25) is 5.88 Å². The van der Waals surface area contributed by atoms with Crippen LogP contribution in [0.1, 0.15) is 16.8 Å². The highest BCUT2D eigenvalue weighted by Gasteiger charge is 2.34. The van der Waals surface area contributed by atoms with Gasteiger partial charge in [-0.3, -0.25) is 0 Å². The standard InChI is InChI=1S/C19H19F3N6O/c20-19(21,22)12-1-2-17(24-9-12)29-13-10-27(11-13)18-14-3-6-23-7-4-15(14)26-16-5-8-25-28(16)18/h1-2,5,8-9,13,23H,3-4,6-7,10-11H2. The van der Waals surface area contributed by atoms with Crippen LogP contribution >= 0.6 is 0 Å². The monoisotopic (exact) mass is 404 g/mol. The number of nitrogens with one attached hydrogen (secondary N) is 1. The van der Waals surface area contributed by atoms with E-state index in [0.29, 0.717) is 13.1 Å². The quantitative estimate of drug-likeness (QED) is 0.721. The van der Waals surface area contributed by atoms with Gasteiger partial charge in [0.05, 0.1) is 30.5 Å². The van der Waals surface area contributed by atoms with E-state index in [-0.39, 0.29) is 12.0 Å². The maximum Gasteiger partial charge on any atom is 0.417 e. The fraction of sp³-hybridized carbons (Fsp3) is 0.421. The van der Waals surface area contributed by atoms with Gasteiger partial charge in [0.15, 0.2) is 5.65 Å². The molecule has 2 aliphatic rings. The Labute approximate surface area is 164 Å². The third kappa shape index (κ3) is 3.37. The second-order valence-corrected chi connectivity index (χ2v) is 7.24. The number of ether oxygens (including phenoxy) is 1. The fourth-order valence-electron chi connectivity index (χ4n) is 3.81. The number of aromatic nitrogens is 4. The van der Waals surface area contributed by atoms with Crippen molar-refractivity contribution in [2.24, 2.45) is 0 Å². The first kappa shape index (κ1) is 18.2. The molecule has 3 aromatic rings. The molecular weight excluding hydrogens is 385 g/mol. The Balaban J connectivity index is 1.34. The van der Waals surface area contributed by atoms with Crippen molar-refractivity contribution < 1.29 is 17.9 Å². The average molecular weight is 404 g/mol. The van der Waals surface area contributed by atoms with Crippen LogP contribution in [0.3, 0.4) is 0 Å². The van der Waals surface area contributed by atoms with Crippen LogP contribution in [0.5, 0.6) is 5.88 Å². The molecule has 7 nitrogen and oxygen atoms in total. The van der Waals surface area contributed by atoms with Gasteiger partial charge in [0.1, 0.15) is 11.9 Å². The number of fused-ring (bicyclic) bond motifs is 2. The van der Waals surface area contributed by atoms with Gasteiger partial charge in [-0.05, 0) is 19.0 Å². The molecule has 0 atom stereocenters. The highest BCUT2D eigenvalue weighted by atomic mass is 19.4. The molecule has 29 heavy (non-hydrogen) atoms. The topological polar surface area (TPSA) is 67.6 Å². The number of hydrogen-bond donors (Lipinski definition) is 1. The number of halogens is 3. The van der Waals surface area contributed by atoms with E-state index >= 15 is 0 Å². The van der Waals surface area contributed by atoms with Crippen LogP contribution < -0.4 is 15.0 Å². The third-order valence-electron chi connectivity index (χ3n) is 5.28. The zero-order valence-electron chi connectivity index (χ0n) is 15.5. The minimum Gasteiger partial charge on any atom is -0.471 e. The van der Waals surface area contributed by atoms with E-state index in [2.05, 4.69) is 20.3 Å². The number of hydrogen-bond acceptors (Lipinski definition) is 6. The Morgan fingerprint density at radius 1 is 1.10 bits per heavy atom. The van der Waals surface area contributed by atoms with Crippen molar-refractivity contribution >= 4 is 11.5 Å². The molecule has 152 valence electrons. The van der Waals surface area contributed by atoms with Gasteiger partial charge in [-0.2, -0.15) is 22.8 Å². The van der Waals surface area contributed by atoms with Gasteiger partial charge in [0, 0.05) is 36.9 Å². The Morgan fingerprint density at radius 2 is 1.93 bits per heavy atom. The number of pyridine rings is 1. The largest absolute Gasteiger partial charge is 0.471 e. The molecule has 1 fully saturated rings. The molecule has 3 aromatic heterocycles. The Morgan fingerprint density at radius 3 is 2.69 bits per heavy atom. The van der Waals surface area contributed by atoms with E-state index < -0.39 is 11.7 Å². The molecule has 0 aromatic carbocycles. The molecule has 1 saturated heterocycles. The van der Waals surface area contributed by atoms with Crippen molar-refractivity contribution in [3.05, 3.63) is 47.4 Å². The normalized spacial score (nSPS) is 17.7. The van der Waals surface area contributed by atoms with Crippen LogP contribution in [0, 0.1) is 0 Å². The summed E-state index contributed by atoms with van der Waals surface area (Å²) in [7, 11) is 0. The zero-order chi connectivity index (χ0) is 20.0. The lowest BCUT2D eigenvalue weighted by molar-refractivity contribution is -0.137. The summed E-state index contributed by atoms with van der Waals surface area (Å²) in [5.74, 6) is 1.23. The molecule has 5 rings (SSSR count). The molecule has 5 heterocycles. The van der Waals surface area contributed by atoms with Crippen LogP contribution in [-0.2, 0) is 19.0 Å². The van der Waals surface area contributed by atoms with E-state index in [4.69, 9.17) is 9.72 Å². The number of anilines is 1. The van der Waals surface area contributed by atoms with E-state index in [9.17, 15) is 13.2 Å². The fourth-order valence-corrected chi connectivity index (χ4v) is 3.81. The third-order valence-corrected chi connectivity index (χ3v) is 5.28. The molecule has 0 aliphatic carbocycles. The van der Waals surface area contributed by atoms with Gasteiger partial charge in [-0.15, -0.1) is 0 Å². The van der Waals surface area contributed by atoms with Crippen molar-refractivity contribution in [3.63, 3.8) is 0 Å². The minimum absolute atomic E-state index is 0.141. The summed E-state index contributed by atoms with van der Waals surface area (Å²) in [6.07, 6.45) is -0.263. The van der Waals surface area contributed by atoms with Gasteiger partial charge in [0.25, 0.3) is 0 Å². The highest BCUT2D eigenvalue weighted by Crippen LogP contribution is 2.32. The van der Waals surface area contributed by atoms with E-state index in [0.717, 1.165) is 55.4 Å². The van der Waals surface area contributed by atoms with Gasteiger partial charge in [-0.25, -0.2) is 9.97 Å². The molecular formula is C19H19F3N6O. The summed E-state index contributed by atoms with van der Waals surface area (Å²) in [5, 5.41) is 7.83. The lowest BCUT2D eigenvalue weighted by Crippen LogP contribution is -2.55. The van der Waals surface area contributed by atoms with Crippen LogP contribution in [0.25, 0.3) is 5.65 Å². The Kier molecular flexibility index (Phi) is 4.30. The minimum atomic E-state index is -4.40. The van der Waals surface area contributed by atoms with Crippen molar-refractivity contribution in [2.75, 3.05) is 31.1 Å². The number of nitrogens with zero attached hydrogens (tertiary/aromatic N) is 5. The summed E-state index contributed by atoms with van der Waals surface area (Å²) in [5.41, 5.74) is 2.31. The molecule has 0 amide bonds. The Bertz CT molecular complexity index is 1030. The first-order chi connectivity index (χ1) is 14.0. The van der Waals surface area contributed by atoms with Gasteiger partial charge >= 0.3 is 6.18 Å². The van der Waals surface area contributed by atoms with Crippen LogP contribution in [0.15, 0.2) is 30.6 Å². The predicted octanol–water partition coefficient (Wildman–Crippen LogP) is 2.10. The smallest absolute Gasteiger partial charge is 0.417 e. The SMILES string of the molecule is FC(F)(F)c1ccc(OC2CN(c3c4c(nc5ccnn35)CCNCC4)C2)nc1. The van der Waals surface area contributed by atoms with E-state index in [1.165, 1.54) is 11.6 Å². The van der Waals surface area contributed by atoms with Gasteiger partial charge < -0.3 is 15.0 Å². The van der Waals surface area contributed by atoms with Crippen LogP contribution in [0.4, 0.5) is 19.0 Å². The maximum atomic E-state index is 12.7. The van der Waals surface area contributed by atoms with Crippen molar-refractivity contribution in [1.29, 1.82) is 0 Å². The summed E-state index contributed by atoms with van der Waals surface area (Å²) in [4.78, 5) is 10.7. The first-order valence-corrected chi connectivity index (χ1v) is 9.50. The molecule has 0 bridgehead atoms. The molecule has 2 aliphatic heterocycles. The molecule has 0 saturated carbocycles. The van der Waals surface area contributed by atoms with E-state index in [1.54, 1.807) is 6.20 Å². The highest BCUT2D eigenvalue weighted by molar-refractivity contribution is 5.59. The summed E-state index contributed by atoms with van der Waals surface area (Å²) in [6.45, 7) is 3.01. The van der Waals surface area contributed by atoms with Gasteiger partial charge in [-0.1, -0.05) is 0 Å². The lowest BCUT2D eigenvalue weighted by atomic mass is 10.1. The second-order valence-electron chi connectivity index (χ2n) is 7.24. The first-order valence-electron chi connectivity index (χ1n) is 9.50. The molecule has 0 unspecified atom stereocenters. The van der Waals surface area contributed by atoms with Crippen molar-refractivity contribution in [1.82, 2.24) is 24.9 Å². The molecule has 0 spiro atoms. The number of alkyl halides is 3. The van der Waals surface area contributed by atoms with Crippen molar-refractivity contribution in [3.8, 4) is 5.88 Å². The van der Waals surface area contributed by atoms with E-state index in [1.807, 2.05) is 10.6 Å². The average Bonchev–Trinajstić information content (AvgIpc) is 2.99. The molecule has 1 N–H and O–H groups in total. The summed E-state index contributed by atoms with van der Waals surface area (Å²) in [6, 6.07) is 4.14. The van der Waals surface area contributed by atoms with Crippen LogP contribution in [-0.4, -0.2) is 51.9 Å². The lowest BCUT2D eigenvalue weighted by Gasteiger charge is -2.41. The number of rotatable bonds is 3. The van der Waals surface area contributed by atoms with Crippen LogP contribution in [0.2, 0.25) is 0 Å². The molecule has 0 radical (unpaired) electrons. The molecule has 10 heteroatoms. The predicted molar refractivity (Wildman–Crippen MR) is 99.1 cm³/mol. The Hall–Kier alpha value is -2.88. The summed E-state index contributed by atoms with van der Waals surface area (Å²) < 4.78 is 45.6. The van der Waals surface area contributed by atoms with Crippen molar-refractivity contribution in [2.45, 2.75) is 25.1 Å². The summed E-state index contributed by atoms with van der Waals surface area (Å²) >= 11 is 0.